The molecule has 1 unspecified atom stereocenters. The third-order valence-electron chi connectivity index (χ3n) is 2.92. The molecule has 0 aliphatic heterocycles. The van der Waals surface area contributed by atoms with Gasteiger partial charge in [-0.05, 0) is 19.8 Å². The molecule has 5 N–H and O–H groups in total. The zero-order chi connectivity index (χ0) is 13.4. The molecular weight excluding hydrogens is 220 g/mol. The van der Waals surface area contributed by atoms with E-state index in [9.17, 15) is 9.59 Å². The first-order valence-corrected chi connectivity index (χ1v) is 6.03. The lowest BCUT2D eigenvalue weighted by atomic mass is 10.1. The molecule has 100 valence electrons. The number of carbonyl (C=O) groups is 2. The van der Waals surface area contributed by atoms with Crippen LogP contribution in [0, 0.1) is 0 Å². The smallest absolute Gasteiger partial charge is 0.318 e. The van der Waals surface area contributed by atoms with Gasteiger partial charge in [0.15, 0.2) is 0 Å². The minimum Gasteiger partial charge on any atom is -0.351 e. The molecule has 3 amide bonds. The summed E-state index contributed by atoms with van der Waals surface area (Å²) in [6.07, 6.45) is 1.87. The first kappa shape index (κ1) is 15.9. The van der Waals surface area contributed by atoms with Crippen molar-refractivity contribution in [3.63, 3.8) is 0 Å². The number of nitrogens with one attached hydrogen (secondary N) is 1. The van der Waals surface area contributed by atoms with Gasteiger partial charge in [-0.25, -0.2) is 4.79 Å². The summed E-state index contributed by atoms with van der Waals surface area (Å²) in [6, 6.07) is -0.942. The fourth-order valence-corrected chi connectivity index (χ4v) is 1.98. The summed E-state index contributed by atoms with van der Waals surface area (Å²) in [5.41, 5.74) is 10.5. The molecule has 6 nitrogen and oxygen atoms in total. The number of hydrogen-bond donors (Lipinski definition) is 3. The van der Waals surface area contributed by atoms with E-state index in [1.165, 1.54) is 0 Å². The molecule has 0 spiro atoms. The van der Waals surface area contributed by atoms with Crippen LogP contribution in [0.1, 0.15) is 33.6 Å². The Balaban J connectivity index is 4.67. The Kier molecular flexibility index (Phi) is 7.49. The molecule has 0 aromatic carbocycles. The van der Waals surface area contributed by atoms with Crippen molar-refractivity contribution in [2.24, 2.45) is 11.5 Å². The van der Waals surface area contributed by atoms with E-state index in [1.54, 1.807) is 6.92 Å². The zero-order valence-corrected chi connectivity index (χ0v) is 10.9. The summed E-state index contributed by atoms with van der Waals surface area (Å²) < 4.78 is 0. The van der Waals surface area contributed by atoms with Gasteiger partial charge in [0.1, 0.15) is 0 Å². The summed E-state index contributed by atoms with van der Waals surface area (Å²) >= 11 is 0. The molecule has 0 aromatic heterocycles. The topological polar surface area (TPSA) is 101 Å². The van der Waals surface area contributed by atoms with Gasteiger partial charge in [-0.1, -0.05) is 13.8 Å². The highest BCUT2D eigenvalue weighted by molar-refractivity contribution is 5.96. The summed E-state index contributed by atoms with van der Waals surface area (Å²) in [5, 5.41) is 2.10. The Morgan fingerprint density at radius 3 is 2.18 bits per heavy atom. The lowest BCUT2D eigenvalue weighted by Gasteiger charge is -2.34. The van der Waals surface area contributed by atoms with Crippen LogP contribution in [0.15, 0.2) is 0 Å². The zero-order valence-electron chi connectivity index (χ0n) is 10.9. The van der Waals surface area contributed by atoms with Gasteiger partial charge >= 0.3 is 6.03 Å². The molecule has 1 atom stereocenters. The average Bonchev–Trinajstić information content (AvgIpc) is 2.27. The maximum Gasteiger partial charge on any atom is 0.318 e. The Morgan fingerprint density at radius 2 is 1.82 bits per heavy atom. The number of hydrogen-bond acceptors (Lipinski definition) is 4. The van der Waals surface area contributed by atoms with Crippen molar-refractivity contribution in [1.29, 1.82) is 0 Å². The van der Waals surface area contributed by atoms with Gasteiger partial charge in [0.05, 0.1) is 6.04 Å². The van der Waals surface area contributed by atoms with Crippen molar-refractivity contribution in [3.8, 4) is 0 Å². The van der Waals surface area contributed by atoms with Crippen LogP contribution in [-0.4, -0.2) is 42.0 Å². The molecule has 0 aromatic rings. The molecule has 0 aliphatic carbocycles. The molecule has 0 rings (SSSR count). The number of amides is 3. The largest absolute Gasteiger partial charge is 0.351 e. The number of nitrogens with two attached hydrogens (primary N) is 2. The molecule has 17 heavy (non-hydrogen) atoms. The highest BCUT2D eigenvalue weighted by Crippen LogP contribution is 2.12. The maximum atomic E-state index is 11.7. The summed E-state index contributed by atoms with van der Waals surface area (Å²) in [7, 11) is 0. The minimum absolute atomic E-state index is 0.284. The van der Waals surface area contributed by atoms with Gasteiger partial charge < -0.3 is 11.5 Å². The van der Waals surface area contributed by atoms with Crippen LogP contribution < -0.4 is 16.8 Å². The molecule has 0 radical (unpaired) electrons. The number of rotatable bonds is 7. The van der Waals surface area contributed by atoms with E-state index < -0.39 is 12.1 Å². The van der Waals surface area contributed by atoms with Gasteiger partial charge in [-0.2, -0.15) is 0 Å². The molecule has 6 heteroatoms. The minimum atomic E-state index is -0.820. The molecule has 0 heterocycles. The van der Waals surface area contributed by atoms with E-state index in [4.69, 9.17) is 11.5 Å². The Bertz CT molecular complexity index is 254. The first-order valence-electron chi connectivity index (χ1n) is 6.03. The molecule has 0 saturated heterocycles. The van der Waals surface area contributed by atoms with Crippen LogP contribution in [0.25, 0.3) is 0 Å². The second-order valence-electron chi connectivity index (χ2n) is 4.03. The number of carbonyl (C=O) groups excluding carboxylic acids is 2. The molecule has 0 bridgehead atoms. The summed E-state index contributed by atoms with van der Waals surface area (Å²) in [5.74, 6) is -0.377. The highest BCUT2D eigenvalue weighted by Gasteiger charge is 2.26. The Morgan fingerprint density at radius 1 is 1.29 bits per heavy atom. The predicted octanol–water partition coefficient (Wildman–Crippen LogP) is 0.0191. The fraction of sp³-hybridized carbons (Fsp3) is 0.818. The van der Waals surface area contributed by atoms with Gasteiger partial charge in [0.2, 0.25) is 5.91 Å². The standard InChI is InChI=1S/C11H24N4O2/c1-4-9(5-2)15(7-6-12)8(3)10(16)14-11(13)17/h8-9H,4-7,12H2,1-3H3,(H3,13,14,16,17). The van der Waals surface area contributed by atoms with Crippen LogP contribution in [0.4, 0.5) is 4.79 Å². The highest BCUT2D eigenvalue weighted by atomic mass is 16.2. The van der Waals surface area contributed by atoms with Gasteiger partial charge in [-0.15, -0.1) is 0 Å². The lowest BCUT2D eigenvalue weighted by Crippen LogP contribution is -2.52. The lowest BCUT2D eigenvalue weighted by molar-refractivity contribution is -0.125. The van der Waals surface area contributed by atoms with Crippen molar-refractivity contribution < 1.29 is 9.59 Å². The summed E-state index contributed by atoms with van der Waals surface area (Å²) in [4.78, 5) is 24.4. The van der Waals surface area contributed by atoms with E-state index in [0.29, 0.717) is 13.1 Å². The van der Waals surface area contributed by atoms with E-state index in [-0.39, 0.29) is 11.9 Å². The number of imide groups is 1. The first-order chi connectivity index (χ1) is 7.97. The molecule has 0 fully saturated rings. The third-order valence-corrected chi connectivity index (χ3v) is 2.92. The number of urea groups is 1. The molecular formula is C11H24N4O2. The third kappa shape index (κ3) is 5.14. The fourth-order valence-electron chi connectivity index (χ4n) is 1.98. The second-order valence-corrected chi connectivity index (χ2v) is 4.03. The van der Waals surface area contributed by atoms with Crippen LogP contribution >= 0.6 is 0 Å². The van der Waals surface area contributed by atoms with Crippen LogP contribution in [-0.2, 0) is 4.79 Å². The van der Waals surface area contributed by atoms with Crippen LogP contribution in [0.5, 0.6) is 0 Å². The molecule has 0 saturated carbocycles. The van der Waals surface area contributed by atoms with Crippen molar-refractivity contribution in [3.05, 3.63) is 0 Å². The quantitative estimate of drug-likeness (QED) is 0.587. The maximum absolute atomic E-state index is 11.7. The van der Waals surface area contributed by atoms with E-state index >= 15 is 0 Å². The predicted molar refractivity (Wildman–Crippen MR) is 67.3 cm³/mol. The van der Waals surface area contributed by atoms with E-state index in [0.717, 1.165) is 12.8 Å². The Hall–Kier alpha value is -1.14. The SMILES string of the molecule is CCC(CC)N(CCN)C(C)C(=O)NC(N)=O. The van der Waals surface area contributed by atoms with E-state index in [1.807, 2.05) is 4.90 Å². The normalized spacial score (nSPS) is 12.8. The van der Waals surface area contributed by atoms with Crippen LogP contribution in [0.2, 0.25) is 0 Å². The summed E-state index contributed by atoms with van der Waals surface area (Å²) in [6.45, 7) is 6.99. The number of primary amides is 1. The van der Waals surface area contributed by atoms with Crippen LogP contribution in [0.3, 0.4) is 0 Å². The average molecular weight is 244 g/mol. The Labute approximate surface area is 103 Å². The molecule has 0 aliphatic rings. The van der Waals surface area contributed by atoms with Crippen molar-refractivity contribution in [1.82, 2.24) is 10.2 Å². The second kappa shape index (κ2) is 8.03. The van der Waals surface area contributed by atoms with Crippen molar-refractivity contribution >= 4 is 11.9 Å². The van der Waals surface area contributed by atoms with E-state index in [2.05, 4.69) is 19.2 Å². The van der Waals surface area contributed by atoms with Crippen molar-refractivity contribution in [2.75, 3.05) is 13.1 Å². The number of nitrogens with zero attached hydrogens (tertiary/aromatic N) is 1. The van der Waals surface area contributed by atoms with Gasteiger partial charge in [-0.3, -0.25) is 15.0 Å². The van der Waals surface area contributed by atoms with Gasteiger partial charge in [0, 0.05) is 19.1 Å². The van der Waals surface area contributed by atoms with Gasteiger partial charge in [0.25, 0.3) is 0 Å². The van der Waals surface area contributed by atoms with Crippen molar-refractivity contribution in [2.45, 2.75) is 45.7 Å². The monoisotopic (exact) mass is 244 g/mol.